The minimum atomic E-state index is -0.0797. The maximum Gasteiger partial charge on any atom is 0.178 e. The van der Waals surface area contributed by atoms with E-state index in [0.717, 1.165) is 22.6 Å². The summed E-state index contributed by atoms with van der Waals surface area (Å²) in [6, 6.07) is 15.0. The van der Waals surface area contributed by atoms with Gasteiger partial charge in [-0.15, -0.1) is 0 Å². The lowest BCUT2D eigenvalue weighted by Crippen LogP contribution is -1.92. The average Bonchev–Trinajstić information content (AvgIpc) is 2.69. The van der Waals surface area contributed by atoms with Crippen molar-refractivity contribution >= 4 is 17.9 Å². The van der Waals surface area contributed by atoms with Crippen LogP contribution in [-0.4, -0.2) is 19.0 Å². The first-order valence-electron chi connectivity index (χ1n) is 8.29. The number of carbonyl (C=O) groups excluding carboxylic acids is 1. The van der Waals surface area contributed by atoms with E-state index in [1.54, 1.807) is 24.3 Å². The molecule has 0 unspecified atom stereocenters. The Bertz CT molecular complexity index is 714. The van der Waals surface area contributed by atoms with Gasteiger partial charge in [0.05, 0.1) is 0 Å². The molecule has 2 aromatic carbocycles. The van der Waals surface area contributed by atoms with Crippen LogP contribution in [0.2, 0.25) is 0 Å². The van der Waals surface area contributed by atoms with Gasteiger partial charge in [0.2, 0.25) is 0 Å². The number of benzene rings is 2. The lowest BCUT2D eigenvalue weighted by molar-refractivity contribution is -0.110. The molecule has 2 rings (SSSR count). The number of ether oxygens (including phenoxy) is 2. The van der Waals surface area contributed by atoms with Gasteiger partial charge in [0, 0.05) is 0 Å². The molecule has 3 heteroatoms. The highest BCUT2D eigenvalue weighted by molar-refractivity contribution is 6.04. The van der Waals surface area contributed by atoms with E-state index in [4.69, 9.17) is 9.47 Å². The maximum atomic E-state index is 12.0. The highest BCUT2D eigenvalue weighted by atomic mass is 16.5. The summed E-state index contributed by atoms with van der Waals surface area (Å²) in [5, 5.41) is 0. The van der Waals surface area contributed by atoms with Crippen molar-refractivity contribution in [3.05, 3.63) is 97.1 Å². The van der Waals surface area contributed by atoms with Gasteiger partial charge in [0.15, 0.2) is 5.78 Å². The van der Waals surface area contributed by atoms with Crippen LogP contribution in [0.1, 0.15) is 11.1 Å². The highest BCUT2D eigenvalue weighted by Crippen LogP contribution is 2.14. The summed E-state index contributed by atoms with van der Waals surface area (Å²) in [7, 11) is 0. The third kappa shape index (κ3) is 6.65. The fourth-order valence-electron chi connectivity index (χ4n) is 2.07. The van der Waals surface area contributed by atoms with Crippen LogP contribution in [0.3, 0.4) is 0 Å². The number of hydrogen-bond donors (Lipinski definition) is 0. The second kappa shape index (κ2) is 10.5. The summed E-state index contributed by atoms with van der Waals surface area (Å²) < 4.78 is 10.8. The Hall–Kier alpha value is -3.33. The fraction of sp³-hybridized carbons (Fsp3) is 0.0870. The van der Waals surface area contributed by atoms with Crippen molar-refractivity contribution in [2.45, 2.75) is 0 Å². The van der Waals surface area contributed by atoms with E-state index in [9.17, 15) is 4.79 Å². The molecule has 0 aliphatic carbocycles. The first kappa shape index (κ1) is 19.0. The predicted molar refractivity (Wildman–Crippen MR) is 107 cm³/mol. The zero-order valence-electron chi connectivity index (χ0n) is 14.6. The standard InChI is InChI=1S/C23H22O3/c1-3-17-25-22-13-7-19(8-14-22)5-11-21(24)12-6-20-9-15-23(16-10-20)26-18-4-2/h3-16H,1-2,17-18H2/b11-5+,12-6+. The molecule has 26 heavy (non-hydrogen) atoms. The van der Waals surface area contributed by atoms with Gasteiger partial charge >= 0.3 is 0 Å². The van der Waals surface area contributed by atoms with Gasteiger partial charge in [-0.25, -0.2) is 0 Å². The quantitative estimate of drug-likeness (QED) is 0.443. The number of ketones is 1. The largest absolute Gasteiger partial charge is 0.490 e. The molecule has 0 saturated heterocycles. The monoisotopic (exact) mass is 346 g/mol. The highest BCUT2D eigenvalue weighted by Gasteiger charge is 1.95. The summed E-state index contributed by atoms with van der Waals surface area (Å²) in [4.78, 5) is 12.0. The fourth-order valence-corrected chi connectivity index (χ4v) is 2.07. The second-order valence-corrected chi connectivity index (χ2v) is 5.41. The third-order valence-electron chi connectivity index (χ3n) is 3.38. The van der Waals surface area contributed by atoms with E-state index in [2.05, 4.69) is 13.2 Å². The van der Waals surface area contributed by atoms with E-state index >= 15 is 0 Å². The van der Waals surface area contributed by atoms with Crippen LogP contribution in [0, 0.1) is 0 Å². The molecule has 132 valence electrons. The van der Waals surface area contributed by atoms with Crippen LogP contribution < -0.4 is 9.47 Å². The van der Waals surface area contributed by atoms with Crippen molar-refractivity contribution < 1.29 is 14.3 Å². The maximum absolute atomic E-state index is 12.0. The van der Waals surface area contributed by atoms with Crippen LogP contribution >= 0.6 is 0 Å². The van der Waals surface area contributed by atoms with Crippen LogP contribution in [0.4, 0.5) is 0 Å². The van der Waals surface area contributed by atoms with Gasteiger partial charge in [-0.1, -0.05) is 61.7 Å². The van der Waals surface area contributed by atoms with E-state index < -0.39 is 0 Å². The van der Waals surface area contributed by atoms with Crippen molar-refractivity contribution in [2.24, 2.45) is 0 Å². The zero-order valence-corrected chi connectivity index (χ0v) is 14.6. The molecular formula is C23H22O3. The summed E-state index contributed by atoms with van der Waals surface area (Å²) in [5.74, 6) is 1.46. The van der Waals surface area contributed by atoms with Crippen molar-refractivity contribution in [1.82, 2.24) is 0 Å². The molecule has 0 radical (unpaired) electrons. The molecule has 0 aliphatic rings. The molecule has 0 spiro atoms. The number of allylic oxidation sites excluding steroid dienone is 2. The van der Waals surface area contributed by atoms with Gasteiger partial charge in [0.1, 0.15) is 24.7 Å². The first-order chi connectivity index (χ1) is 12.7. The van der Waals surface area contributed by atoms with E-state index in [0.29, 0.717) is 13.2 Å². The Labute approximate surface area is 154 Å². The summed E-state index contributed by atoms with van der Waals surface area (Å²) in [6.07, 6.45) is 10.0. The Balaban J connectivity index is 1.88. The number of rotatable bonds is 10. The summed E-state index contributed by atoms with van der Waals surface area (Å²) in [5.41, 5.74) is 1.86. The predicted octanol–water partition coefficient (Wildman–Crippen LogP) is 5.11. The van der Waals surface area contributed by atoms with E-state index in [1.165, 1.54) is 12.2 Å². The van der Waals surface area contributed by atoms with Gasteiger partial charge in [-0.3, -0.25) is 4.79 Å². The number of hydrogen-bond acceptors (Lipinski definition) is 3. The Kier molecular flexibility index (Phi) is 7.69. The molecule has 0 amide bonds. The van der Waals surface area contributed by atoms with Gasteiger partial charge < -0.3 is 9.47 Å². The minimum absolute atomic E-state index is 0.0797. The normalized spacial score (nSPS) is 10.8. The molecule has 0 N–H and O–H groups in total. The van der Waals surface area contributed by atoms with Crippen molar-refractivity contribution in [3.8, 4) is 11.5 Å². The van der Waals surface area contributed by atoms with Crippen LogP contribution in [-0.2, 0) is 4.79 Å². The Morgan fingerprint density at radius 1 is 0.731 bits per heavy atom. The Morgan fingerprint density at radius 3 is 1.46 bits per heavy atom. The minimum Gasteiger partial charge on any atom is -0.490 e. The van der Waals surface area contributed by atoms with Crippen LogP contribution in [0.25, 0.3) is 12.2 Å². The van der Waals surface area contributed by atoms with Crippen molar-refractivity contribution in [2.75, 3.05) is 13.2 Å². The lowest BCUT2D eigenvalue weighted by atomic mass is 10.1. The molecule has 3 nitrogen and oxygen atoms in total. The molecular weight excluding hydrogens is 324 g/mol. The molecule has 0 heterocycles. The third-order valence-corrected chi connectivity index (χ3v) is 3.38. The molecule has 0 aromatic heterocycles. The summed E-state index contributed by atoms with van der Waals surface area (Å²) in [6.45, 7) is 8.16. The summed E-state index contributed by atoms with van der Waals surface area (Å²) >= 11 is 0. The first-order valence-corrected chi connectivity index (χ1v) is 8.29. The molecule has 0 aliphatic heterocycles. The lowest BCUT2D eigenvalue weighted by Gasteiger charge is -2.02. The SMILES string of the molecule is C=CCOc1ccc(/C=C/C(=O)/C=C/c2ccc(OCC=C)cc2)cc1. The zero-order chi connectivity index (χ0) is 18.6. The average molecular weight is 346 g/mol. The Morgan fingerprint density at radius 2 is 1.12 bits per heavy atom. The number of carbonyl (C=O) groups is 1. The van der Waals surface area contributed by atoms with E-state index in [1.807, 2.05) is 48.5 Å². The topological polar surface area (TPSA) is 35.5 Å². The van der Waals surface area contributed by atoms with Crippen LogP contribution in [0.15, 0.2) is 86.0 Å². The van der Waals surface area contributed by atoms with Crippen molar-refractivity contribution in [1.29, 1.82) is 0 Å². The molecule has 0 saturated carbocycles. The van der Waals surface area contributed by atoms with Gasteiger partial charge in [-0.2, -0.15) is 0 Å². The molecule has 0 atom stereocenters. The molecule has 0 bridgehead atoms. The van der Waals surface area contributed by atoms with Crippen molar-refractivity contribution in [3.63, 3.8) is 0 Å². The van der Waals surface area contributed by atoms with Crippen LogP contribution in [0.5, 0.6) is 11.5 Å². The second-order valence-electron chi connectivity index (χ2n) is 5.41. The smallest absolute Gasteiger partial charge is 0.178 e. The molecule has 0 fully saturated rings. The van der Waals surface area contributed by atoms with E-state index in [-0.39, 0.29) is 5.78 Å². The van der Waals surface area contributed by atoms with Gasteiger partial charge in [0.25, 0.3) is 0 Å². The molecule has 2 aromatic rings. The van der Waals surface area contributed by atoms with Gasteiger partial charge in [-0.05, 0) is 47.5 Å².